The van der Waals surface area contributed by atoms with Crippen molar-refractivity contribution in [1.29, 1.82) is 0 Å². The van der Waals surface area contributed by atoms with Crippen molar-refractivity contribution in [1.82, 2.24) is 0 Å². The monoisotopic (exact) mass is 206 g/mol. The van der Waals surface area contributed by atoms with Crippen LogP contribution in [0.3, 0.4) is 0 Å². The first kappa shape index (κ1) is 9.17. The highest BCUT2D eigenvalue weighted by Crippen LogP contribution is 2.19. The lowest BCUT2D eigenvalue weighted by atomic mass is 10.4. The third-order valence-electron chi connectivity index (χ3n) is 1.11. The van der Waals surface area contributed by atoms with Crippen molar-refractivity contribution in [2.75, 3.05) is 0 Å². The fourth-order valence-corrected chi connectivity index (χ4v) is 2.44. The number of thiophene rings is 1. The van der Waals surface area contributed by atoms with E-state index in [0.717, 1.165) is 17.6 Å². The van der Waals surface area contributed by atoms with E-state index in [4.69, 9.17) is 10.3 Å². The van der Waals surface area contributed by atoms with Crippen LogP contribution in [0.5, 0.6) is 0 Å². The smallest absolute Gasteiger partial charge is 0.248 e. The Morgan fingerprint density at radius 2 is 2.33 bits per heavy atom. The largest absolute Gasteiger partial charge is 0.411 e. The van der Waals surface area contributed by atoms with E-state index in [1.54, 1.807) is 5.38 Å². The molecule has 12 heavy (non-hydrogen) atoms. The molecular formula is C5H6N2O3S2. The summed E-state index contributed by atoms with van der Waals surface area (Å²) in [4.78, 5) is 0. The summed E-state index contributed by atoms with van der Waals surface area (Å²) in [7, 11) is -3.70. The maximum absolute atomic E-state index is 10.8. The molecule has 0 saturated heterocycles. The summed E-state index contributed by atoms with van der Waals surface area (Å²) < 4.78 is 21.7. The minimum Gasteiger partial charge on any atom is -0.411 e. The highest BCUT2D eigenvalue weighted by molar-refractivity contribution is 7.91. The highest BCUT2D eigenvalue weighted by Gasteiger charge is 2.13. The summed E-state index contributed by atoms with van der Waals surface area (Å²) >= 11 is 0.981. The molecule has 0 aliphatic heterocycles. The summed E-state index contributed by atoms with van der Waals surface area (Å²) in [5.41, 5.74) is 0.296. The lowest BCUT2D eigenvalue weighted by molar-refractivity contribution is 0.322. The van der Waals surface area contributed by atoms with Gasteiger partial charge < -0.3 is 5.21 Å². The Labute approximate surface area is 73.2 Å². The first-order valence-electron chi connectivity index (χ1n) is 2.83. The first-order chi connectivity index (χ1) is 5.55. The molecule has 1 aromatic heterocycles. The van der Waals surface area contributed by atoms with E-state index < -0.39 is 10.0 Å². The summed E-state index contributed by atoms with van der Waals surface area (Å²) in [6, 6.07) is 1.50. The molecule has 0 aliphatic rings. The first-order valence-corrected chi connectivity index (χ1v) is 5.26. The van der Waals surface area contributed by atoms with Gasteiger partial charge in [-0.05, 0) is 11.4 Å². The Morgan fingerprint density at radius 1 is 1.67 bits per heavy atom. The molecule has 0 amide bonds. The van der Waals surface area contributed by atoms with Crippen LogP contribution in [0.4, 0.5) is 0 Å². The van der Waals surface area contributed by atoms with Crippen LogP contribution in [0, 0.1) is 0 Å². The molecule has 1 heterocycles. The van der Waals surface area contributed by atoms with E-state index in [1.165, 1.54) is 6.07 Å². The predicted octanol–water partition coefficient (Wildman–Crippen LogP) is 0.204. The Kier molecular flexibility index (Phi) is 2.46. The van der Waals surface area contributed by atoms with Gasteiger partial charge in [0, 0.05) is 5.56 Å². The molecule has 0 atom stereocenters. The van der Waals surface area contributed by atoms with Gasteiger partial charge in [0.15, 0.2) is 0 Å². The molecule has 0 aliphatic carbocycles. The molecule has 1 rings (SSSR count). The van der Waals surface area contributed by atoms with Crippen molar-refractivity contribution in [2.45, 2.75) is 4.21 Å². The van der Waals surface area contributed by atoms with Crippen molar-refractivity contribution in [3.8, 4) is 0 Å². The number of hydrogen-bond acceptors (Lipinski definition) is 5. The quantitative estimate of drug-likeness (QED) is 0.411. The minimum absolute atomic E-state index is 0.000278. The van der Waals surface area contributed by atoms with Gasteiger partial charge in [0.25, 0.3) is 0 Å². The second kappa shape index (κ2) is 3.21. The van der Waals surface area contributed by atoms with Crippen LogP contribution in [0.15, 0.2) is 20.8 Å². The van der Waals surface area contributed by atoms with Gasteiger partial charge in [0.2, 0.25) is 10.0 Å². The summed E-state index contributed by atoms with van der Waals surface area (Å²) in [5, 5.41) is 17.3. The predicted molar refractivity (Wildman–Crippen MR) is 45.1 cm³/mol. The van der Waals surface area contributed by atoms with Gasteiger partial charge in [-0.15, -0.1) is 11.3 Å². The van der Waals surface area contributed by atoms with Crippen molar-refractivity contribution in [2.24, 2.45) is 10.3 Å². The molecule has 0 saturated carbocycles. The van der Waals surface area contributed by atoms with E-state index in [-0.39, 0.29) is 4.21 Å². The Morgan fingerprint density at radius 3 is 2.83 bits per heavy atom. The van der Waals surface area contributed by atoms with Gasteiger partial charge in [-0.25, -0.2) is 13.6 Å². The van der Waals surface area contributed by atoms with Crippen molar-refractivity contribution in [3.05, 3.63) is 17.0 Å². The Hall–Kier alpha value is -0.920. The average molecular weight is 206 g/mol. The van der Waals surface area contributed by atoms with Gasteiger partial charge in [-0.2, -0.15) is 0 Å². The SMILES string of the molecule is NS(=O)(=O)c1sccc1/C=N\O. The molecule has 0 radical (unpaired) electrons. The van der Waals surface area contributed by atoms with Crippen LogP contribution < -0.4 is 5.14 Å². The highest BCUT2D eigenvalue weighted by atomic mass is 32.2. The lowest BCUT2D eigenvalue weighted by Gasteiger charge is -1.92. The van der Waals surface area contributed by atoms with Crippen molar-refractivity contribution in [3.63, 3.8) is 0 Å². The van der Waals surface area contributed by atoms with Crippen molar-refractivity contribution < 1.29 is 13.6 Å². The topological polar surface area (TPSA) is 92.8 Å². The molecule has 0 aromatic carbocycles. The fourth-order valence-electron chi connectivity index (χ4n) is 0.694. The standard InChI is InChI=1S/C5H6N2O3S2/c6-12(9,10)5-4(3-7-8)1-2-11-5/h1-3,8H,(H2,6,9,10)/b7-3-. The summed E-state index contributed by atoms with van der Waals surface area (Å²) in [6.07, 6.45) is 1.02. The molecule has 0 spiro atoms. The molecular weight excluding hydrogens is 200 g/mol. The van der Waals surface area contributed by atoms with Gasteiger partial charge in [0.1, 0.15) is 4.21 Å². The van der Waals surface area contributed by atoms with Crippen LogP contribution in [0.25, 0.3) is 0 Å². The van der Waals surface area contributed by atoms with Crippen molar-refractivity contribution >= 4 is 27.6 Å². The van der Waals surface area contributed by atoms with Crippen LogP contribution in [-0.4, -0.2) is 19.8 Å². The number of oxime groups is 1. The van der Waals surface area contributed by atoms with Gasteiger partial charge in [0.05, 0.1) is 6.21 Å². The number of nitrogens with two attached hydrogens (primary N) is 1. The zero-order chi connectivity index (χ0) is 9.19. The molecule has 3 N–H and O–H groups in total. The number of sulfonamides is 1. The minimum atomic E-state index is -3.70. The van der Waals surface area contributed by atoms with Crippen LogP contribution in [0.1, 0.15) is 5.56 Å². The average Bonchev–Trinajstić information content (AvgIpc) is 2.34. The third kappa shape index (κ3) is 1.81. The number of hydrogen-bond donors (Lipinski definition) is 2. The fraction of sp³-hybridized carbons (Fsp3) is 0. The zero-order valence-corrected chi connectivity index (χ0v) is 7.47. The van der Waals surface area contributed by atoms with Crippen LogP contribution >= 0.6 is 11.3 Å². The normalized spacial score (nSPS) is 12.4. The number of primary sulfonamides is 1. The van der Waals surface area contributed by atoms with Gasteiger partial charge in [-0.3, -0.25) is 0 Å². The van der Waals surface area contributed by atoms with E-state index >= 15 is 0 Å². The van der Waals surface area contributed by atoms with E-state index in [1.807, 2.05) is 0 Å². The Bertz CT molecular complexity index is 393. The summed E-state index contributed by atoms with van der Waals surface area (Å²) in [5.74, 6) is 0. The number of rotatable bonds is 2. The number of nitrogens with zero attached hydrogens (tertiary/aromatic N) is 1. The second-order valence-corrected chi connectivity index (χ2v) is 4.63. The summed E-state index contributed by atoms with van der Waals surface area (Å²) in [6.45, 7) is 0. The maximum Gasteiger partial charge on any atom is 0.248 e. The molecule has 0 fully saturated rings. The third-order valence-corrected chi connectivity index (χ3v) is 3.57. The molecule has 0 unspecified atom stereocenters. The maximum atomic E-state index is 10.8. The Balaban J connectivity index is 3.26. The van der Waals surface area contributed by atoms with E-state index in [9.17, 15) is 8.42 Å². The zero-order valence-electron chi connectivity index (χ0n) is 5.84. The van der Waals surface area contributed by atoms with E-state index in [2.05, 4.69) is 5.16 Å². The van der Waals surface area contributed by atoms with E-state index in [0.29, 0.717) is 5.56 Å². The molecule has 7 heteroatoms. The van der Waals surface area contributed by atoms with Gasteiger partial charge in [-0.1, -0.05) is 5.16 Å². The second-order valence-electron chi connectivity index (χ2n) is 1.95. The molecule has 0 bridgehead atoms. The molecule has 5 nitrogen and oxygen atoms in total. The van der Waals surface area contributed by atoms with Gasteiger partial charge >= 0.3 is 0 Å². The molecule has 1 aromatic rings. The lowest BCUT2D eigenvalue weighted by Crippen LogP contribution is -2.12. The molecule has 66 valence electrons. The van der Waals surface area contributed by atoms with Crippen LogP contribution in [-0.2, 0) is 10.0 Å². The van der Waals surface area contributed by atoms with Crippen LogP contribution in [0.2, 0.25) is 0 Å².